The molecule has 6 rings (SSSR count). The summed E-state index contributed by atoms with van der Waals surface area (Å²) in [4.78, 5) is 17.9. The van der Waals surface area contributed by atoms with Gasteiger partial charge in [0.1, 0.15) is 5.82 Å². The van der Waals surface area contributed by atoms with Gasteiger partial charge in [0.25, 0.3) is 5.69 Å². The van der Waals surface area contributed by atoms with Crippen LogP contribution < -0.4 is 10.2 Å². The van der Waals surface area contributed by atoms with Gasteiger partial charge in [0.05, 0.1) is 16.6 Å². The summed E-state index contributed by atoms with van der Waals surface area (Å²) in [7, 11) is 0. The Kier molecular flexibility index (Phi) is 6.71. The number of benzene rings is 2. The van der Waals surface area contributed by atoms with Crippen LogP contribution in [-0.2, 0) is 0 Å². The number of fused-ring (bicyclic) bond motifs is 2. The maximum Gasteiger partial charge on any atom is 0.269 e. The first-order valence-electron chi connectivity index (χ1n) is 13.8. The third-order valence-corrected chi connectivity index (χ3v) is 8.94. The highest BCUT2D eigenvalue weighted by Crippen LogP contribution is 2.48. The number of hydrogen-bond donors (Lipinski definition) is 1. The Labute approximate surface area is 223 Å². The van der Waals surface area contributed by atoms with Crippen LogP contribution in [0.4, 0.5) is 17.2 Å². The molecule has 1 aromatic heterocycles. The molecule has 0 radical (unpaired) electrons. The van der Waals surface area contributed by atoms with Gasteiger partial charge in [-0.05, 0) is 97.4 Å². The van der Waals surface area contributed by atoms with Crippen LogP contribution >= 0.6 is 0 Å². The van der Waals surface area contributed by atoms with Gasteiger partial charge < -0.3 is 10.2 Å². The Morgan fingerprint density at radius 1 is 1.03 bits per heavy atom. The number of anilines is 2. The van der Waals surface area contributed by atoms with Gasteiger partial charge in [-0.2, -0.15) is 5.26 Å². The van der Waals surface area contributed by atoms with Gasteiger partial charge in [0.15, 0.2) is 0 Å². The van der Waals surface area contributed by atoms with Crippen molar-refractivity contribution in [3.63, 3.8) is 0 Å². The molecule has 5 atom stereocenters. The summed E-state index contributed by atoms with van der Waals surface area (Å²) in [6.45, 7) is 1.06. The fourth-order valence-electron chi connectivity index (χ4n) is 7.19. The highest BCUT2D eigenvalue weighted by molar-refractivity contribution is 5.67. The summed E-state index contributed by atoms with van der Waals surface area (Å²) in [5, 5.41) is 24.2. The van der Waals surface area contributed by atoms with E-state index in [4.69, 9.17) is 0 Å². The van der Waals surface area contributed by atoms with E-state index in [1.807, 2.05) is 48.7 Å². The Morgan fingerprint density at radius 2 is 1.84 bits per heavy atom. The van der Waals surface area contributed by atoms with E-state index in [1.165, 1.54) is 38.5 Å². The third kappa shape index (κ3) is 4.96. The van der Waals surface area contributed by atoms with E-state index < -0.39 is 0 Å². The van der Waals surface area contributed by atoms with Crippen LogP contribution in [0.2, 0.25) is 0 Å². The van der Waals surface area contributed by atoms with Crippen molar-refractivity contribution in [2.24, 2.45) is 17.8 Å². The number of nitrogens with one attached hydrogen (secondary N) is 1. The molecular weight excluding hydrogens is 474 g/mol. The number of non-ortho nitro benzene ring substituents is 1. The van der Waals surface area contributed by atoms with Crippen molar-refractivity contribution in [1.82, 2.24) is 4.98 Å². The SMILES string of the molecule is N#Cc1cccc(-c2ccnc(N[C@@H]3CCCC[C@H]3C[C@H]3C[C@@H]4C[C@H]3N(c3ccc([N+](=O)[O-])cc3)C4)c2)c1. The summed E-state index contributed by atoms with van der Waals surface area (Å²) >= 11 is 0. The zero-order chi connectivity index (χ0) is 26.1. The lowest BCUT2D eigenvalue weighted by atomic mass is 9.77. The topological polar surface area (TPSA) is 95.1 Å². The van der Waals surface area contributed by atoms with Gasteiger partial charge in [-0.25, -0.2) is 4.98 Å². The van der Waals surface area contributed by atoms with Crippen LogP contribution in [0.1, 0.15) is 50.5 Å². The lowest BCUT2D eigenvalue weighted by Gasteiger charge is -2.40. The fraction of sp³-hybridized carbons (Fsp3) is 0.419. The molecular formula is C31H33N5O2. The summed E-state index contributed by atoms with van der Waals surface area (Å²) in [6.07, 6.45) is 10.5. The number of pyridine rings is 1. The van der Waals surface area contributed by atoms with Crippen molar-refractivity contribution in [3.05, 3.63) is 82.5 Å². The van der Waals surface area contributed by atoms with E-state index in [1.54, 1.807) is 12.1 Å². The van der Waals surface area contributed by atoms with E-state index >= 15 is 0 Å². The summed E-state index contributed by atoms with van der Waals surface area (Å²) in [6, 6.07) is 22.1. The molecule has 194 valence electrons. The monoisotopic (exact) mass is 507 g/mol. The molecule has 1 aliphatic heterocycles. The van der Waals surface area contributed by atoms with E-state index in [0.717, 1.165) is 41.5 Å². The average Bonchev–Trinajstić information content (AvgIpc) is 3.55. The Hall–Kier alpha value is -3.92. The van der Waals surface area contributed by atoms with E-state index in [2.05, 4.69) is 27.3 Å². The largest absolute Gasteiger partial charge is 0.368 e. The van der Waals surface area contributed by atoms with Gasteiger partial charge in [-0.3, -0.25) is 10.1 Å². The predicted molar refractivity (Wildman–Crippen MR) is 149 cm³/mol. The Bertz CT molecular complexity index is 1350. The van der Waals surface area contributed by atoms with Gasteiger partial charge in [0.2, 0.25) is 0 Å². The van der Waals surface area contributed by atoms with Crippen LogP contribution in [0, 0.1) is 39.2 Å². The second kappa shape index (κ2) is 10.4. The minimum Gasteiger partial charge on any atom is -0.368 e. The molecule has 0 unspecified atom stereocenters. The van der Waals surface area contributed by atoms with Gasteiger partial charge in [0, 0.05) is 42.6 Å². The second-order valence-electron chi connectivity index (χ2n) is 11.2. The minimum atomic E-state index is -0.326. The molecule has 1 N–H and O–H groups in total. The highest BCUT2D eigenvalue weighted by Gasteiger charge is 2.46. The second-order valence-corrected chi connectivity index (χ2v) is 11.2. The van der Waals surface area contributed by atoms with Crippen LogP contribution in [0.25, 0.3) is 11.1 Å². The molecule has 3 fully saturated rings. The molecule has 0 amide bonds. The maximum atomic E-state index is 11.1. The molecule has 1 saturated heterocycles. The number of nitrogens with zero attached hydrogens (tertiary/aromatic N) is 4. The summed E-state index contributed by atoms with van der Waals surface area (Å²) in [5.41, 5.74) is 4.03. The van der Waals surface area contributed by atoms with Gasteiger partial charge >= 0.3 is 0 Å². The van der Waals surface area contributed by atoms with Crippen molar-refractivity contribution < 1.29 is 4.92 Å². The molecule has 2 saturated carbocycles. The molecule has 2 heterocycles. The van der Waals surface area contributed by atoms with Crippen molar-refractivity contribution in [2.75, 3.05) is 16.8 Å². The number of hydrogen-bond acceptors (Lipinski definition) is 6. The number of nitro benzene ring substituents is 1. The van der Waals surface area contributed by atoms with Crippen LogP contribution in [-0.4, -0.2) is 28.5 Å². The maximum absolute atomic E-state index is 11.1. The normalized spacial score (nSPS) is 26.2. The molecule has 3 aliphatic rings. The molecule has 2 bridgehead atoms. The standard InChI is InChI=1S/C31H33N5O2/c32-19-21-4-3-6-23(14-21)24-12-13-33-31(18-24)34-29-7-2-1-5-25(29)17-26-15-22-16-30(26)35(20-22)27-8-10-28(11-9-27)36(37)38/h3-4,6,8-14,18,22,25-26,29-30H,1-2,5,7,15-17,20H2,(H,33,34)/t22-,25+,26-,29-,30-/m1/s1. The Morgan fingerprint density at radius 3 is 2.63 bits per heavy atom. The van der Waals surface area contributed by atoms with E-state index in [0.29, 0.717) is 29.5 Å². The first-order chi connectivity index (χ1) is 18.6. The molecule has 2 aromatic carbocycles. The average molecular weight is 508 g/mol. The van der Waals surface area contributed by atoms with Crippen molar-refractivity contribution in [1.29, 1.82) is 5.26 Å². The Balaban J connectivity index is 1.15. The van der Waals surface area contributed by atoms with E-state index in [-0.39, 0.29) is 10.6 Å². The first kappa shape index (κ1) is 24.4. The molecule has 2 aliphatic carbocycles. The van der Waals surface area contributed by atoms with Crippen molar-refractivity contribution in [3.8, 4) is 17.2 Å². The van der Waals surface area contributed by atoms with Crippen molar-refractivity contribution in [2.45, 2.75) is 57.0 Å². The first-order valence-corrected chi connectivity index (χ1v) is 13.8. The van der Waals surface area contributed by atoms with Crippen LogP contribution in [0.15, 0.2) is 66.9 Å². The smallest absolute Gasteiger partial charge is 0.269 e. The minimum absolute atomic E-state index is 0.154. The van der Waals surface area contributed by atoms with E-state index in [9.17, 15) is 15.4 Å². The zero-order valence-corrected chi connectivity index (χ0v) is 21.5. The fourth-order valence-corrected chi connectivity index (χ4v) is 7.19. The van der Waals surface area contributed by atoms with Crippen LogP contribution in [0.3, 0.4) is 0 Å². The molecule has 3 aromatic rings. The van der Waals surface area contributed by atoms with Crippen LogP contribution in [0.5, 0.6) is 0 Å². The molecule has 7 heteroatoms. The zero-order valence-electron chi connectivity index (χ0n) is 21.5. The number of piperidine rings is 1. The molecule has 7 nitrogen and oxygen atoms in total. The lowest BCUT2D eigenvalue weighted by Crippen LogP contribution is -2.41. The number of aromatic nitrogens is 1. The van der Waals surface area contributed by atoms with Gasteiger partial charge in [-0.15, -0.1) is 0 Å². The predicted octanol–water partition coefficient (Wildman–Crippen LogP) is 6.80. The number of nitro groups is 1. The molecule has 38 heavy (non-hydrogen) atoms. The van der Waals surface area contributed by atoms with Gasteiger partial charge in [-0.1, -0.05) is 25.0 Å². The van der Waals surface area contributed by atoms with Crippen molar-refractivity contribution >= 4 is 17.2 Å². The third-order valence-electron chi connectivity index (χ3n) is 8.94. The summed E-state index contributed by atoms with van der Waals surface area (Å²) < 4.78 is 0. The molecule has 0 spiro atoms. The number of rotatable bonds is 7. The lowest BCUT2D eigenvalue weighted by molar-refractivity contribution is -0.384. The quantitative estimate of drug-likeness (QED) is 0.279. The number of nitriles is 1. The highest BCUT2D eigenvalue weighted by atomic mass is 16.6. The summed E-state index contributed by atoms with van der Waals surface area (Å²) in [5.74, 6) is 2.89.